The molecule has 4 nitrogen and oxygen atoms in total. The molecule has 0 amide bonds. The number of ether oxygens (including phenoxy) is 2. The minimum atomic E-state index is 0.133. The molecule has 1 atom stereocenters. The van der Waals surface area contributed by atoms with E-state index in [0.717, 1.165) is 12.1 Å². The summed E-state index contributed by atoms with van der Waals surface area (Å²) in [6.45, 7) is 2.20. The van der Waals surface area contributed by atoms with Crippen LogP contribution in [0.25, 0.3) is 0 Å². The van der Waals surface area contributed by atoms with Crippen LogP contribution < -0.4 is 10.5 Å². The van der Waals surface area contributed by atoms with Gasteiger partial charge in [0.05, 0.1) is 6.20 Å². The fraction of sp³-hybridized carbons (Fsp3) is 0.500. The predicted molar refractivity (Wildman–Crippen MR) is 54.1 cm³/mol. The molecule has 14 heavy (non-hydrogen) atoms. The summed E-state index contributed by atoms with van der Waals surface area (Å²) in [7, 11) is 1.58. The molecule has 1 aromatic heterocycles. The zero-order valence-electron chi connectivity index (χ0n) is 8.56. The molecule has 2 N–H and O–H groups in total. The minimum absolute atomic E-state index is 0.133. The first-order valence-electron chi connectivity index (χ1n) is 4.54. The molecular weight excluding hydrogens is 180 g/mol. The zero-order chi connectivity index (χ0) is 10.4. The van der Waals surface area contributed by atoms with E-state index < -0.39 is 0 Å². The van der Waals surface area contributed by atoms with Gasteiger partial charge in [0.25, 0.3) is 0 Å². The van der Waals surface area contributed by atoms with Gasteiger partial charge in [-0.2, -0.15) is 0 Å². The number of nitrogens with two attached hydrogens (primary N) is 1. The van der Waals surface area contributed by atoms with E-state index in [1.165, 1.54) is 0 Å². The van der Waals surface area contributed by atoms with Crippen molar-refractivity contribution in [2.45, 2.75) is 19.4 Å². The van der Waals surface area contributed by atoms with Gasteiger partial charge in [-0.05, 0) is 19.1 Å². The van der Waals surface area contributed by atoms with Crippen LogP contribution in [-0.2, 0) is 11.2 Å². The van der Waals surface area contributed by atoms with Gasteiger partial charge in [-0.3, -0.25) is 4.98 Å². The molecule has 0 aliphatic carbocycles. The van der Waals surface area contributed by atoms with E-state index in [9.17, 15) is 0 Å². The predicted octanol–water partition coefficient (Wildman–Crippen LogP) is 0.954. The third kappa shape index (κ3) is 3.72. The third-order valence-electron chi connectivity index (χ3n) is 1.67. The standard InChI is InChI=1S/C10H16N2O2/c1-8(11)5-9-3-4-10(6-12-9)14-7-13-2/h3-4,6,8H,5,7,11H2,1-2H3. The van der Waals surface area contributed by atoms with Crippen molar-refractivity contribution in [2.24, 2.45) is 5.73 Å². The van der Waals surface area contributed by atoms with E-state index in [4.69, 9.17) is 15.2 Å². The molecule has 0 fully saturated rings. The molecule has 0 spiro atoms. The highest BCUT2D eigenvalue weighted by Gasteiger charge is 1.99. The molecule has 0 radical (unpaired) electrons. The number of pyridine rings is 1. The van der Waals surface area contributed by atoms with Crippen molar-refractivity contribution in [1.29, 1.82) is 0 Å². The fourth-order valence-electron chi connectivity index (χ4n) is 1.07. The van der Waals surface area contributed by atoms with Crippen LogP contribution in [0.2, 0.25) is 0 Å². The van der Waals surface area contributed by atoms with E-state index in [1.54, 1.807) is 13.3 Å². The zero-order valence-corrected chi connectivity index (χ0v) is 8.56. The summed E-state index contributed by atoms with van der Waals surface area (Å²) in [6.07, 6.45) is 2.46. The lowest BCUT2D eigenvalue weighted by molar-refractivity contribution is 0.0508. The van der Waals surface area contributed by atoms with Crippen LogP contribution in [0.15, 0.2) is 18.3 Å². The van der Waals surface area contributed by atoms with Gasteiger partial charge in [0.1, 0.15) is 5.75 Å². The molecule has 0 aromatic carbocycles. The topological polar surface area (TPSA) is 57.4 Å². The minimum Gasteiger partial charge on any atom is -0.466 e. The Hall–Kier alpha value is -1.13. The lowest BCUT2D eigenvalue weighted by atomic mass is 10.2. The Labute approximate surface area is 84.0 Å². The molecule has 78 valence electrons. The largest absolute Gasteiger partial charge is 0.466 e. The first-order valence-corrected chi connectivity index (χ1v) is 4.54. The maximum absolute atomic E-state index is 5.65. The molecule has 0 saturated heterocycles. The van der Waals surface area contributed by atoms with E-state index in [-0.39, 0.29) is 12.8 Å². The number of methoxy groups -OCH3 is 1. The van der Waals surface area contributed by atoms with Gasteiger partial charge in [-0.15, -0.1) is 0 Å². The Morgan fingerprint density at radius 2 is 2.29 bits per heavy atom. The maximum atomic E-state index is 5.65. The number of aromatic nitrogens is 1. The number of nitrogens with zero attached hydrogens (tertiary/aromatic N) is 1. The van der Waals surface area contributed by atoms with E-state index >= 15 is 0 Å². The highest BCUT2D eigenvalue weighted by molar-refractivity contribution is 5.20. The van der Waals surface area contributed by atoms with Gasteiger partial charge in [-0.25, -0.2) is 0 Å². The Kier molecular flexibility index (Phi) is 4.35. The highest BCUT2D eigenvalue weighted by atomic mass is 16.7. The Bertz CT molecular complexity index is 259. The SMILES string of the molecule is COCOc1ccc(CC(C)N)nc1. The second-order valence-electron chi connectivity index (χ2n) is 3.22. The number of hydrogen-bond acceptors (Lipinski definition) is 4. The lowest BCUT2D eigenvalue weighted by Gasteiger charge is -2.06. The maximum Gasteiger partial charge on any atom is 0.188 e. The summed E-state index contributed by atoms with van der Waals surface area (Å²) in [5, 5.41) is 0. The summed E-state index contributed by atoms with van der Waals surface area (Å²) in [4.78, 5) is 4.21. The lowest BCUT2D eigenvalue weighted by Crippen LogP contribution is -2.18. The average Bonchev–Trinajstić information content (AvgIpc) is 2.16. The van der Waals surface area contributed by atoms with Gasteiger partial charge in [-0.1, -0.05) is 0 Å². The van der Waals surface area contributed by atoms with Gasteiger partial charge >= 0.3 is 0 Å². The summed E-state index contributed by atoms with van der Waals surface area (Å²) in [6, 6.07) is 3.91. The van der Waals surface area contributed by atoms with Crippen molar-refractivity contribution in [1.82, 2.24) is 4.98 Å². The van der Waals surface area contributed by atoms with Crippen LogP contribution in [0.4, 0.5) is 0 Å². The van der Waals surface area contributed by atoms with Crippen LogP contribution in [0, 0.1) is 0 Å². The Morgan fingerprint density at radius 3 is 2.79 bits per heavy atom. The first kappa shape index (κ1) is 10.9. The smallest absolute Gasteiger partial charge is 0.188 e. The molecule has 0 bridgehead atoms. The second-order valence-corrected chi connectivity index (χ2v) is 3.22. The molecule has 0 aliphatic heterocycles. The average molecular weight is 196 g/mol. The van der Waals surface area contributed by atoms with Crippen molar-refractivity contribution >= 4 is 0 Å². The van der Waals surface area contributed by atoms with Gasteiger partial charge in [0.2, 0.25) is 0 Å². The second kappa shape index (κ2) is 5.57. The Morgan fingerprint density at radius 1 is 1.50 bits per heavy atom. The molecule has 1 unspecified atom stereocenters. The van der Waals surface area contributed by atoms with E-state index in [0.29, 0.717) is 5.75 Å². The first-order chi connectivity index (χ1) is 6.72. The number of rotatable bonds is 5. The summed E-state index contributed by atoms with van der Waals surface area (Å²) >= 11 is 0. The fourth-order valence-corrected chi connectivity index (χ4v) is 1.07. The van der Waals surface area contributed by atoms with Crippen LogP contribution in [0.3, 0.4) is 0 Å². The van der Waals surface area contributed by atoms with Gasteiger partial charge in [0, 0.05) is 25.3 Å². The third-order valence-corrected chi connectivity index (χ3v) is 1.67. The van der Waals surface area contributed by atoms with E-state index in [2.05, 4.69) is 4.98 Å². The normalized spacial score (nSPS) is 12.5. The molecule has 1 rings (SSSR count). The van der Waals surface area contributed by atoms with Crippen LogP contribution in [0.1, 0.15) is 12.6 Å². The highest BCUT2D eigenvalue weighted by Crippen LogP contribution is 2.09. The molecule has 4 heteroatoms. The van der Waals surface area contributed by atoms with Crippen molar-refractivity contribution in [3.63, 3.8) is 0 Å². The molecule has 1 aromatic rings. The summed E-state index contributed by atoms with van der Waals surface area (Å²) < 4.78 is 9.97. The van der Waals surface area contributed by atoms with Crippen molar-refractivity contribution in [3.05, 3.63) is 24.0 Å². The van der Waals surface area contributed by atoms with Gasteiger partial charge in [0.15, 0.2) is 6.79 Å². The molecule has 0 saturated carbocycles. The molecular formula is C10H16N2O2. The summed E-state index contributed by atoms with van der Waals surface area (Å²) in [5.74, 6) is 0.709. The van der Waals surface area contributed by atoms with Crippen LogP contribution in [-0.4, -0.2) is 24.9 Å². The Balaban J connectivity index is 2.50. The van der Waals surface area contributed by atoms with Crippen LogP contribution in [0.5, 0.6) is 5.75 Å². The van der Waals surface area contributed by atoms with Crippen molar-refractivity contribution in [2.75, 3.05) is 13.9 Å². The van der Waals surface area contributed by atoms with E-state index in [1.807, 2.05) is 19.1 Å². The summed E-state index contributed by atoms with van der Waals surface area (Å²) in [5.41, 5.74) is 6.63. The molecule has 1 heterocycles. The van der Waals surface area contributed by atoms with Crippen LogP contribution >= 0.6 is 0 Å². The number of hydrogen-bond donors (Lipinski definition) is 1. The quantitative estimate of drug-likeness (QED) is 0.712. The van der Waals surface area contributed by atoms with Gasteiger partial charge < -0.3 is 15.2 Å². The monoisotopic (exact) mass is 196 g/mol. The molecule has 0 aliphatic rings. The van der Waals surface area contributed by atoms with Crippen molar-refractivity contribution in [3.8, 4) is 5.75 Å². The van der Waals surface area contributed by atoms with Crippen molar-refractivity contribution < 1.29 is 9.47 Å².